The van der Waals surface area contributed by atoms with Crippen LogP contribution in [0, 0.1) is 0 Å². The van der Waals surface area contributed by atoms with E-state index in [2.05, 4.69) is 19.1 Å². The summed E-state index contributed by atoms with van der Waals surface area (Å²) in [5.41, 5.74) is 0. The summed E-state index contributed by atoms with van der Waals surface area (Å²) in [5, 5.41) is 8.39. The van der Waals surface area contributed by atoms with Gasteiger partial charge in [-0.25, -0.2) is 4.79 Å². The van der Waals surface area contributed by atoms with Gasteiger partial charge in [-0.2, -0.15) is 0 Å². The average molecular weight is 328 g/mol. The lowest BCUT2D eigenvalue weighted by Gasteiger charge is -1.98. The van der Waals surface area contributed by atoms with E-state index in [0.29, 0.717) is 0 Å². The minimum Gasteiger partial charge on any atom is -0.478 e. The van der Waals surface area contributed by atoms with Gasteiger partial charge in [0.25, 0.3) is 0 Å². The highest BCUT2D eigenvalue weighted by molar-refractivity contribution is 5.80. The molecule has 0 aromatic carbocycles. The Balaban J connectivity index is 3.57. The standard InChI is InChI=1S/C22H32O2/c1-2-3-4-5-6-7-8-9-10-11-12-13-14-15-16-17-18-19-20-21-22(23)24/h10-21H,2-9H2,1H3,(H,23,24)/b11-10+,13-12+,15-14?,17-16?,19-18?,21-20?. The van der Waals surface area contributed by atoms with Crippen molar-refractivity contribution in [2.24, 2.45) is 0 Å². The molecule has 132 valence electrons. The van der Waals surface area contributed by atoms with Crippen LogP contribution in [0.5, 0.6) is 0 Å². The average Bonchev–Trinajstić information content (AvgIpc) is 2.56. The van der Waals surface area contributed by atoms with Crippen LogP contribution in [0.3, 0.4) is 0 Å². The molecule has 0 aliphatic heterocycles. The van der Waals surface area contributed by atoms with Crippen LogP contribution >= 0.6 is 0 Å². The van der Waals surface area contributed by atoms with E-state index in [1.165, 1.54) is 51.0 Å². The lowest BCUT2D eigenvalue weighted by molar-refractivity contribution is -0.131. The van der Waals surface area contributed by atoms with Gasteiger partial charge in [0.2, 0.25) is 0 Å². The number of carboxylic acid groups (broad SMARTS) is 1. The third-order valence-electron chi connectivity index (χ3n) is 3.35. The molecule has 1 N–H and O–H groups in total. The monoisotopic (exact) mass is 328 g/mol. The molecule has 0 saturated heterocycles. The Morgan fingerprint density at radius 1 is 0.667 bits per heavy atom. The maximum Gasteiger partial charge on any atom is 0.328 e. The van der Waals surface area contributed by atoms with Crippen molar-refractivity contribution in [1.29, 1.82) is 0 Å². The molecule has 0 aromatic heterocycles. The van der Waals surface area contributed by atoms with Crippen LogP contribution in [0.2, 0.25) is 0 Å². The summed E-state index contributed by atoms with van der Waals surface area (Å²) in [7, 11) is 0. The van der Waals surface area contributed by atoms with E-state index in [9.17, 15) is 4.79 Å². The molecule has 0 amide bonds. The van der Waals surface area contributed by atoms with Crippen LogP contribution in [-0.4, -0.2) is 11.1 Å². The molecule has 0 unspecified atom stereocenters. The Bertz CT molecular complexity index is 462. The van der Waals surface area contributed by atoms with Gasteiger partial charge >= 0.3 is 5.97 Å². The Kier molecular flexibility index (Phi) is 17.3. The molecule has 2 nitrogen and oxygen atoms in total. The quantitative estimate of drug-likeness (QED) is 0.223. The minimum absolute atomic E-state index is 0.936. The van der Waals surface area contributed by atoms with Crippen LogP contribution in [0.1, 0.15) is 58.3 Å². The zero-order valence-electron chi connectivity index (χ0n) is 14.9. The van der Waals surface area contributed by atoms with Crippen LogP contribution in [0.25, 0.3) is 0 Å². The van der Waals surface area contributed by atoms with Gasteiger partial charge in [-0.15, -0.1) is 0 Å². The van der Waals surface area contributed by atoms with E-state index in [4.69, 9.17) is 5.11 Å². The van der Waals surface area contributed by atoms with Crippen LogP contribution in [-0.2, 0) is 4.79 Å². The predicted octanol–water partition coefficient (Wildman–Crippen LogP) is 6.55. The number of hydrogen-bond acceptors (Lipinski definition) is 1. The Hall–Kier alpha value is -2.09. The zero-order valence-corrected chi connectivity index (χ0v) is 14.9. The van der Waals surface area contributed by atoms with E-state index in [0.717, 1.165) is 12.5 Å². The molecule has 0 radical (unpaired) electrons. The smallest absolute Gasteiger partial charge is 0.328 e. The Labute approximate surface area is 147 Å². The molecule has 0 aliphatic carbocycles. The van der Waals surface area contributed by atoms with Crippen LogP contribution in [0.15, 0.2) is 72.9 Å². The Morgan fingerprint density at radius 3 is 1.67 bits per heavy atom. The van der Waals surface area contributed by atoms with E-state index in [-0.39, 0.29) is 0 Å². The van der Waals surface area contributed by atoms with Crippen molar-refractivity contribution in [3.63, 3.8) is 0 Å². The molecule has 0 aromatic rings. The highest BCUT2D eigenvalue weighted by Gasteiger charge is 1.88. The van der Waals surface area contributed by atoms with Crippen molar-refractivity contribution in [3.8, 4) is 0 Å². The second-order valence-corrected chi connectivity index (χ2v) is 5.58. The summed E-state index contributed by atoms with van der Waals surface area (Å²) < 4.78 is 0. The molecule has 0 saturated carbocycles. The largest absolute Gasteiger partial charge is 0.478 e. The van der Waals surface area contributed by atoms with Gasteiger partial charge in [0.05, 0.1) is 0 Å². The van der Waals surface area contributed by atoms with Crippen LogP contribution in [0.4, 0.5) is 0 Å². The second kappa shape index (κ2) is 19.0. The van der Waals surface area contributed by atoms with Crippen molar-refractivity contribution in [2.75, 3.05) is 0 Å². The first-order valence-corrected chi connectivity index (χ1v) is 9.00. The summed E-state index contributed by atoms with van der Waals surface area (Å²) in [6.07, 6.45) is 32.7. The summed E-state index contributed by atoms with van der Waals surface area (Å²) in [5.74, 6) is -0.936. The number of carboxylic acids is 1. The SMILES string of the molecule is CCCCCCCCC/C=C/C=C/C=CC=CC=CC=CC(=O)O. The number of hydrogen-bond donors (Lipinski definition) is 1. The molecule has 0 aliphatic rings. The Morgan fingerprint density at radius 2 is 1.12 bits per heavy atom. The fraction of sp³-hybridized carbons (Fsp3) is 0.409. The summed E-state index contributed by atoms with van der Waals surface area (Å²) in [6, 6.07) is 0. The van der Waals surface area contributed by atoms with Gasteiger partial charge in [0.15, 0.2) is 0 Å². The third kappa shape index (κ3) is 19.9. The maximum absolute atomic E-state index is 10.2. The summed E-state index contributed by atoms with van der Waals surface area (Å²) in [6.45, 7) is 2.25. The van der Waals surface area contributed by atoms with E-state index >= 15 is 0 Å². The fourth-order valence-corrected chi connectivity index (χ4v) is 2.05. The van der Waals surface area contributed by atoms with E-state index in [1.807, 2.05) is 36.5 Å². The first-order valence-electron chi connectivity index (χ1n) is 9.00. The van der Waals surface area contributed by atoms with Crippen molar-refractivity contribution in [2.45, 2.75) is 58.3 Å². The number of rotatable bonds is 14. The van der Waals surface area contributed by atoms with Crippen molar-refractivity contribution in [3.05, 3.63) is 72.9 Å². The molecule has 0 heterocycles. The summed E-state index contributed by atoms with van der Waals surface area (Å²) in [4.78, 5) is 10.2. The molecular weight excluding hydrogens is 296 g/mol. The van der Waals surface area contributed by atoms with E-state index < -0.39 is 5.97 Å². The number of aliphatic carboxylic acids is 1. The normalized spacial score (nSPS) is 13.0. The second-order valence-electron chi connectivity index (χ2n) is 5.58. The fourth-order valence-electron chi connectivity index (χ4n) is 2.05. The van der Waals surface area contributed by atoms with E-state index in [1.54, 1.807) is 12.2 Å². The van der Waals surface area contributed by atoms with Gasteiger partial charge in [-0.3, -0.25) is 0 Å². The van der Waals surface area contributed by atoms with Crippen molar-refractivity contribution < 1.29 is 9.90 Å². The van der Waals surface area contributed by atoms with Gasteiger partial charge in [-0.1, -0.05) is 112 Å². The highest BCUT2D eigenvalue weighted by Crippen LogP contribution is 2.08. The number of carbonyl (C=O) groups is 1. The first-order chi connectivity index (χ1) is 11.8. The lowest BCUT2D eigenvalue weighted by Crippen LogP contribution is -1.84. The molecule has 0 bridgehead atoms. The van der Waals surface area contributed by atoms with Gasteiger partial charge in [0.1, 0.15) is 0 Å². The first kappa shape index (κ1) is 21.9. The van der Waals surface area contributed by atoms with Gasteiger partial charge in [-0.05, 0) is 12.8 Å². The van der Waals surface area contributed by atoms with Gasteiger partial charge in [0, 0.05) is 6.08 Å². The molecule has 0 rings (SSSR count). The molecular formula is C22H32O2. The molecule has 24 heavy (non-hydrogen) atoms. The lowest BCUT2D eigenvalue weighted by atomic mass is 10.1. The van der Waals surface area contributed by atoms with Gasteiger partial charge < -0.3 is 5.11 Å². The zero-order chi connectivity index (χ0) is 17.7. The maximum atomic E-state index is 10.2. The molecule has 2 heteroatoms. The molecule has 0 atom stereocenters. The topological polar surface area (TPSA) is 37.3 Å². The minimum atomic E-state index is -0.936. The number of allylic oxidation sites excluding steroid dienone is 11. The third-order valence-corrected chi connectivity index (χ3v) is 3.35. The molecule has 0 fully saturated rings. The summed E-state index contributed by atoms with van der Waals surface area (Å²) >= 11 is 0. The molecule has 0 spiro atoms. The number of unbranched alkanes of at least 4 members (excludes halogenated alkanes) is 7. The van der Waals surface area contributed by atoms with Crippen molar-refractivity contribution in [1.82, 2.24) is 0 Å². The van der Waals surface area contributed by atoms with Crippen molar-refractivity contribution >= 4 is 5.97 Å². The van der Waals surface area contributed by atoms with Crippen LogP contribution < -0.4 is 0 Å². The predicted molar refractivity (Wildman–Crippen MR) is 105 cm³/mol. The highest BCUT2D eigenvalue weighted by atomic mass is 16.4.